The van der Waals surface area contributed by atoms with Gasteiger partial charge in [-0.25, -0.2) is 9.97 Å². The molecule has 0 saturated carbocycles. The van der Waals surface area contributed by atoms with Gasteiger partial charge in [-0.2, -0.15) is 5.16 Å². The summed E-state index contributed by atoms with van der Waals surface area (Å²) in [6, 6.07) is 13.6. The average molecular weight is 1120 g/mol. The SMILES string of the molecule is COc1noc(C(C(=O)N2C[C@H](O)CC2C(=O)N[C@@H](C)c2ccc(-c3scnc3C)cc2)C(C)C)c1Cl.Cc1ncsc1-c1ccc([C@H](C)NC(=O)C2C[C@@H](O)CN2C(=O)C(c2o[nH]c(=O)c2Cl)C(C)C)cc1.Cl. The quantitative estimate of drug-likeness (QED) is 0.0649. The average Bonchev–Trinajstić information content (AvgIpc) is 4.24. The molecule has 8 atom stereocenters. The third kappa shape index (κ3) is 12.6. The van der Waals surface area contributed by atoms with Gasteiger partial charge in [0.05, 0.1) is 63.6 Å². The number of aliphatic hydroxyl groups excluding tert-OH is 2. The van der Waals surface area contributed by atoms with E-state index in [1.165, 1.54) is 16.9 Å². The van der Waals surface area contributed by atoms with Gasteiger partial charge in [0, 0.05) is 25.9 Å². The van der Waals surface area contributed by atoms with Gasteiger partial charge in [-0.3, -0.25) is 24.0 Å². The van der Waals surface area contributed by atoms with E-state index in [1.807, 2.05) is 101 Å². The summed E-state index contributed by atoms with van der Waals surface area (Å²) in [5, 5.41) is 32.6. The Morgan fingerprint density at radius 1 is 0.716 bits per heavy atom. The number of methoxy groups -OCH3 is 1. The van der Waals surface area contributed by atoms with E-state index in [4.69, 9.17) is 37.0 Å². The molecule has 0 spiro atoms. The van der Waals surface area contributed by atoms with Crippen LogP contribution in [0.5, 0.6) is 5.88 Å². The second-order valence-electron chi connectivity index (χ2n) is 19.1. The van der Waals surface area contributed by atoms with Gasteiger partial charge < -0.3 is 44.4 Å². The van der Waals surface area contributed by atoms with Crippen LogP contribution in [0, 0.1) is 25.7 Å². The van der Waals surface area contributed by atoms with E-state index in [0.29, 0.717) is 0 Å². The molecule has 2 aliphatic rings. The van der Waals surface area contributed by atoms with Crippen LogP contribution in [-0.2, 0) is 19.2 Å². The Morgan fingerprint density at radius 2 is 1.14 bits per heavy atom. The number of likely N-dealkylation sites (tertiary alicyclic amines) is 2. The zero-order valence-corrected chi connectivity index (χ0v) is 46.2. The molecule has 6 aromatic rings. The summed E-state index contributed by atoms with van der Waals surface area (Å²) >= 11 is 15.6. The molecule has 0 bridgehead atoms. The minimum Gasteiger partial charge on any atom is -0.478 e. The molecule has 0 aliphatic carbocycles. The number of carbonyl (C=O) groups excluding carboxylic acids is 4. The molecule has 74 heavy (non-hydrogen) atoms. The number of hydrogen-bond donors (Lipinski definition) is 5. The predicted octanol–water partition coefficient (Wildman–Crippen LogP) is 8.40. The standard InChI is InChI=1S/C26H31ClN4O5S.C25H29ClN4O5S.ClH/c1-13(2)20(22-21(27)25(35-5)30-36-22)26(34)31-11-18(32)10-19(31)24(33)29-14(3)16-6-8-17(9-7-16)23-15(4)28-12-37-23;1-12(2)19(21-20(26)24(33)29-35-21)25(34)30-10-17(31)9-18(30)23(32)28-13(3)15-5-7-16(8-6-15)22-14(4)27-11-36-22;/h6-9,12-14,18-20,32H,10-11H2,1-5H3,(H,29,33);5-8,11-13,17-19,31H,9-10H2,1-4H3,(H,28,32)(H,29,33);1H/t14-,18+,19?,20?;13-,17+,18?,19?;/m00./s1. The zero-order valence-electron chi connectivity index (χ0n) is 42.3. The topological polar surface area (TPSA) is 246 Å². The number of β-amino-alcohol motifs (C(OH)–C–C–N with tert-alkyl or cyclic N) is 2. The summed E-state index contributed by atoms with van der Waals surface area (Å²) in [5.41, 5.74) is 8.93. The second-order valence-corrected chi connectivity index (χ2v) is 21.5. The van der Waals surface area contributed by atoms with Gasteiger partial charge in [0.25, 0.3) is 11.4 Å². The van der Waals surface area contributed by atoms with Crippen LogP contribution < -0.4 is 20.9 Å². The van der Waals surface area contributed by atoms with Crippen molar-refractivity contribution in [2.75, 3.05) is 20.2 Å². The summed E-state index contributed by atoms with van der Waals surface area (Å²) in [7, 11) is 1.41. The van der Waals surface area contributed by atoms with Crippen molar-refractivity contribution in [3.8, 4) is 26.8 Å². The molecule has 5 N–H and O–H groups in total. The number of aliphatic hydroxyl groups is 2. The lowest BCUT2D eigenvalue weighted by atomic mass is 9.91. The molecule has 0 radical (unpaired) electrons. The molecule has 4 amide bonds. The molecule has 4 unspecified atom stereocenters. The number of aromatic nitrogens is 4. The first kappa shape index (κ1) is 57.7. The Labute approximate surface area is 452 Å². The normalized spacial score (nSPS) is 19.1. The van der Waals surface area contributed by atoms with E-state index in [2.05, 4.69) is 30.9 Å². The maximum atomic E-state index is 13.7. The van der Waals surface area contributed by atoms with Crippen LogP contribution in [0.4, 0.5) is 0 Å². The maximum Gasteiger partial charge on any atom is 0.298 e. The van der Waals surface area contributed by atoms with Gasteiger partial charge >= 0.3 is 0 Å². The van der Waals surface area contributed by atoms with E-state index in [-0.39, 0.29) is 107 Å². The lowest BCUT2D eigenvalue weighted by molar-refractivity contribution is -0.141. The number of thiazole rings is 2. The smallest absolute Gasteiger partial charge is 0.298 e. The van der Waals surface area contributed by atoms with E-state index < -0.39 is 47.6 Å². The highest BCUT2D eigenvalue weighted by Crippen LogP contribution is 2.39. The number of H-pyrrole nitrogens is 1. The number of amides is 4. The number of hydrogen-bond acceptors (Lipinski definition) is 15. The van der Waals surface area contributed by atoms with E-state index in [1.54, 1.807) is 36.5 Å². The van der Waals surface area contributed by atoms with Crippen LogP contribution in [0.15, 0.2) is 73.4 Å². The van der Waals surface area contributed by atoms with Crippen LogP contribution in [0.25, 0.3) is 20.9 Å². The highest BCUT2D eigenvalue weighted by Gasteiger charge is 2.46. The van der Waals surface area contributed by atoms with Crippen LogP contribution in [0.1, 0.15) is 112 Å². The van der Waals surface area contributed by atoms with Gasteiger partial charge in [-0.1, -0.05) is 99.4 Å². The molecule has 2 fully saturated rings. The van der Waals surface area contributed by atoms with E-state index >= 15 is 0 Å². The van der Waals surface area contributed by atoms with Crippen molar-refractivity contribution in [3.05, 3.63) is 114 Å². The predicted molar refractivity (Wildman–Crippen MR) is 285 cm³/mol. The van der Waals surface area contributed by atoms with Crippen molar-refractivity contribution in [1.29, 1.82) is 0 Å². The molecule has 6 heterocycles. The Kier molecular flexibility index (Phi) is 19.3. The summed E-state index contributed by atoms with van der Waals surface area (Å²) in [4.78, 5) is 79.2. The molecule has 398 valence electrons. The Balaban J connectivity index is 0.000000238. The highest BCUT2D eigenvalue weighted by atomic mass is 35.5. The molecular formula is C51H61Cl3N8O10S2. The number of benzene rings is 2. The van der Waals surface area contributed by atoms with Crippen LogP contribution in [-0.4, -0.2) is 108 Å². The number of halogens is 3. The zero-order chi connectivity index (χ0) is 53.0. The number of nitrogens with zero attached hydrogens (tertiary/aromatic N) is 5. The van der Waals surface area contributed by atoms with Gasteiger partial charge in [0.2, 0.25) is 23.6 Å². The Morgan fingerprint density at radius 3 is 1.47 bits per heavy atom. The number of rotatable bonds is 15. The van der Waals surface area contributed by atoms with Crippen molar-refractivity contribution in [2.45, 2.75) is 116 Å². The fourth-order valence-electron chi connectivity index (χ4n) is 9.26. The fourth-order valence-corrected chi connectivity index (χ4v) is 11.3. The number of ether oxygens (including phenoxy) is 1. The second kappa shape index (κ2) is 24.8. The summed E-state index contributed by atoms with van der Waals surface area (Å²) in [5.74, 6) is -3.30. The number of aryl methyl sites for hydroxylation is 2. The molecule has 8 rings (SSSR count). The fraction of sp³-hybridized carbons (Fsp3) is 0.451. The Bertz CT molecular complexity index is 2960. The third-order valence-electron chi connectivity index (χ3n) is 13.2. The van der Waals surface area contributed by atoms with E-state index in [0.717, 1.165) is 43.4 Å². The van der Waals surface area contributed by atoms with Crippen LogP contribution >= 0.6 is 58.3 Å². The summed E-state index contributed by atoms with van der Waals surface area (Å²) in [6.45, 7) is 15.1. The van der Waals surface area contributed by atoms with Crippen molar-refractivity contribution in [3.63, 3.8) is 0 Å². The molecule has 2 aliphatic heterocycles. The molecule has 2 saturated heterocycles. The maximum absolute atomic E-state index is 13.7. The Hall–Kier alpha value is -5.61. The summed E-state index contributed by atoms with van der Waals surface area (Å²) in [6.07, 6.45) is -1.40. The van der Waals surface area contributed by atoms with Crippen LogP contribution in [0.2, 0.25) is 10.0 Å². The first-order valence-electron chi connectivity index (χ1n) is 23.8. The number of carbonyl (C=O) groups is 4. The van der Waals surface area contributed by atoms with Gasteiger partial charge in [-0.15, -0.1) is 35.1 Å². The molecule has 4 aromatic heterocycles. The number of nitrogens with one attached hydrogen (secondary N) is 3. The van der Waals surface area contributed by atoms with E-state index in [9.17, 15) is 34.2 Å². The van der Waals surface area contributed by atoms with Gasteiger partial charge in [0.15, 0.2) is 16.5 Å². The van der Waals surface area contributed by atoms with Gasteiger partial charge in [-0.05, 0) is 66.9 Å². The molecule has 23 heteroatoms. The third-order valence-corrected chi connectivity index (χ3v) is 15.9. The van der Waals surface area contributed by atoms with Crippen molar-refractivity contribution in [2.24, 2.45) is 11.8 Å². The molecular weight excluding hydrogens is 1060 g/mol. The first-order chi connectivity index (χ1) is 34.7. The largest absolute Gasteiger partial charge is 0.478 e. The van der Waals surface area contributed by atoms with Crippen molar-refractivity contribution >= 4 is 81.9 Å². The first-order valence-corrected chi connectivity index (χ1v) is 26.4. The monoisotopic (exact) mass is 1110 g/mol. The minimum atomic E-state index is -0.878. The lowest BCUT2D eigenvalue weighted by Crippen LogP contribution is -2.48. The van der Waals surface area contributed by atoms with Crippen molar-refractivity contribution in [1.82, 2.24) is 40.7 Å². The summed E-state index contributed by atoms with van der Waals surface area (Å²) < 4.78 is 15.7. The molecule has 18 nitrogen and oxygen atoms in total. The van der Waals surface area contributed by atoms with Crippen LogP contribution in [0.3, 0.4) is 0 Å². The lowest BCUT2D eigenvalue weighted by Gasteiger charge is -2.29. The number of aromatic amines is 1. The van der Waals surface area contributed by atoms with Crippen molar-refractivity contribution < 1.29 is 43.2 Å². The highest BCUT2D eigenvalue weighted by molar-refractivity contribution is 7.13. The molecule has 2 aromatic carbocycles. The minimum absolute atomic E-state index is 0. The van der Waals surface area contributed by atoms with Gasteiger partial charge in [0.1, 0.15) is 28.9 Å².